The van der Waals surface area contributed by atoms with Gasteiger partial charge in [-0.3, -0.25) is 0 Å². The van der Waals surface area contributed by atoms with E-state index in [4.69, 9.17) is 4.55 Å². The fourth-order valence-electron chi connectivity index (χ4n) is 0.655. The molecule has 0 saturated carbocycles. The van der Waals surface area contributed by atoms with Gasteiger partial charge in [-0.05, 0) is 19.1 Å². The molecule has 1 radical (unpaired) electrons. The second-order valence-electron chi connectivity index (χ2n) is 2.06. The predicted octanol–water partition coefficient (Wildman–Crippen LogP) is 1.57. The van der Waals surface area contributed by atoms with E-state index in [0.29, 0.717) is 4.90 Å². The Kier molecular flexibility index (Phi) is 4.61. The van der Waals surface area contributed by atoms with Gasteiger partial charge >= 0.3 is 17.1 Å². The van der Waals surface area contributed by atoms with E-state index in [9.17, 15) is 4.21 Å². The van der Waals surface area contributed by atoms with Gasteiger partial charge < -0.3 is 4.55 Å². The molecule has 11 heavy (non-hydrogen) atoms. The van der Waals surface area contributed by atoms with Crippen LogP contribution in [0.25, 0.3) is 0 Å². The van der Waals surface area contributed by atoms with Gasteiger partial charge in [0.05, 0.1) is 4.90 Å². The molecule has 0 saturated heterocycles. The van der Waals surface area contributed by atoms with E-state index in [0.717, 1.165) is 5.56 Å². The topological polar surface area (TPSA) is 37.3 Å². The summed E-state index contributed by atoms with van der Waals surface area (Å²) in [5.74, 6) is 0. The van der Waals surface area contributed by atoms with E-state index in [2.05, 4.69) is 0 Å². The van der Waals surface area contributed by atoms with Gasteiger partial charge in [-0.25, -0.2) is 4.21 Å². The van der Waals surface area contributed by atoms with Gasteiger partial charge in [0.2, 0.25) is 0 Å². The van der Waals surface area contributed by atoms with Crippen molar-refractivity contribution >= 4 is 11.1 Å². The molecule has 0 spiro atoms. The molecular weight excluding hydrogens is 212 g/mol. The molecule has 0 aliphatic heterocycles. The molecule has 1 rings (SSSR count). The Morgan fingerprint density at radius 2 is 1.73 bits per heavy atom. The largest absolute Gasteiger partial charge is 2.00 e. The molecule has 63 valence electrons. The molecule has 1 aromatic rings. The van der Waals surface area contributed by atoms with Crippen LogP contribution >= 0.6 is 0 Å². The van der Waals surface area contributed by atoms with Crippen LogP contribution < -0.4 is 0 Å². The Balaban J connectivity index is 0.000001000. The van der Waals surface area contributed by atoms with E-state index >= 15 is 0 Å². The second-order valence-corrected chi connectivity index (χ2v) is 3.03. The number of rotatable bonds is 1. The Bertz CT molecular complexity index is 245. The van der Waals surface area contributed by atoms with Crippen LogP contribution in [-0.2, 0) is 28.1 Å². The van der Waals surface area contributed by atoms with E-state index in [1.54, 1.807) is 12.1 Å². The molecule has 1 unspecified atom stereocenters. The number of aryl methyl sites for hydroxylation is 1. The number of hydrogen-bond donors (Lipinski definition) is 1. The molecule has 0 fully saturated rings. The first-order valence-electron chi connectivity index (χ1n) is 2.87. The van der Waals surface area contributed by atoms with Crippen molar-refractivity contribution in [2.75, 3.05) is 0 Å². The standard InChI is InChI=1S/C7H8O2S.Cu/c1-6-2-4-7(5-3-6)10(8)9;/h2-5H,1H3,(H,8,9);/q;+2. The Morgan fingerprint density at radius 3 is 2.09 bits per heavy atom. The van der Waals surface area contributed by atoms with Crippen molar-refractivity contribution in [1.29, 1.82) is 0 Å². The Hall–Kier alpha value is -0.151. The Morgan fingerprint density at radius 1 is 1.27 bits per heavy atom. The molecule has 0 amide bonds. The Labute approximate surface area is 78.8 Å². The van der Waals surface area contributed by atoms with Crippen LogP contribution in [0.4, 0.5) is 0 Å². The van der Waals surface area contributed by atoms with Gasteiger partial charge in [0.25, 0.3) is 0 Å². The molecule has 0 aliphatic carbocycles. The second kappa shape index (κ2) is 4.67. The minimum absolute atomic E-state index is 0. The summed E-state index contributed by atoms with van der Waals surface area (Å²) < 4.78 is 19.0. The molecule has 0 bridgehead atoms. The predicted molar refractivity (Wildman–Crippen MR) is 40.2 cm³/mol. The van der Waals surface area contributed by atoms with Crippen LogP contribution in [0.15, 0.2) is 29.2 Å². The van der Waals surface area contributed by atoms with E-state index in [-0.39, 0.29) is 17.1 Å². The van der Waals surface area contributed by atoms with Crippen LogP contribution in [0.3, 0.4) is 0 Å². The minimum Gasteiger partial charge on any atom is -0.302 e. The molecule has 2 nitrogen and oxygen atoms in total. The van der Waals surface area contributed by atoms with E-state index in [1.807, 2.05) is 19.1 Å². The average Bonchev–Trinajstić information content (AvgIpc) is 1.88. The normalized spacial score (nSPS) is 11.8. The van der Waals surface area contributed by atoms with Crippen LogP contribution in [0, 0.1) is 6.92 Å². The van der Waals surface area contributed by atoms with Crippen LogP contribution in [0.2, 0.25) is 0 Å². The van der Waals surface area contributed by atoms with Crippen molar-refractivity contribution in [1.82, 2.24) is 0 Å². The van der Waals surface area contributed by atoms with Gasteiger partial charge in [-0.1, -0.05) is 17.7 Å². The van der Waals surface area contributed by atoms with Crippen molar-refractivity contribution in [2.24, 2.45) is 0 Å². The summed E-state index contributed by atoms with van der Waals surface area (Å²) in [5.41, 5.74) is 1.09. The minimum atomic E-state index is -1.84. The summed E-state index contributed by atoms with van der Waals surface area (Å²) in [6, 6.07) is 6.91. The third-order valence-corrected chi connectivity index (χ3v) is 1.90. The van der Waals surface area contributed by atoms with Gasteiger partial charge in [-0.15, -0.1) is 0 Å². The molecule has 1 atom stereocenters. The zero-order chi connectivity index (χ0) is 7.56. The fraction of sp³-hybridized carbons (Fsp3) is 0.143. The summed E-state index contributed by atoms with van der Waals surface area (Å²) in [4.78, 5) is 0.450. The molecular formula is C7H8CuO2S+2. The fourth-order valence-corrected chi connectivity index (χ4v) is 1.02. The summed E-state index contributed by atoms with van der Waals surface area (Å²) in [7, 11) is 0. The molecule has 0 aliphatic rings. The van der Waals surface area contributed by atoms with Crippen molar-refractivity contribution in [3.8, 4) is 0 Å². The van der Waals surface area contributed by atoms with Crippen LogP contribution in [-0.4, -0.2) is 8.76 Å². The molecule has 0 aromatic heterocycles. The first-order chi connectivity index (χ1) is 4.70. The van der Waals surface area contributed by atoms with Gasteiger partial charge in [-0.2, -0.15) is 0 Å². The number of benzene rings is 1. The van der Waals surface area contributed by atoms with E-state index in [1.165, 1.54) is 0 Å². The quantitative estimate of drug-likeness (QED) is 0.575. The van der Waals surface area contributed by atoms with Crippen LogP contribution in [0.1, 0.15) is 5.56 Å². The van der Waals surface area contributed by atoms with Gasteiger partial charge in [0.15, 0.2) is 11.1 Å². The summed E-state index contributed by atoms with van der Waals surface area (Å²) in [6.07, 6.45) is 0. The zero-order valence-corrected chi connectivity index (χ0v) is 7.63. The molecule has 4 heteroatoms. The maximum Gasteiger partial charge on any atom is 2.00 e. The van der Waals surface area contributed by atoms with Crippen molar-refractivity contribution in [3.05, 3.63) is 29.8 Å². The van der Waals surface area contributed by atoms with Crippen molar-refractivity contribution in [3.63, 3.8) is 0 Å². The summed E-state index contributed by atoms with van der Waals surface area (Å²) in [5, 5.41) is 0. The summed E-state index contributed by atoms with van der Waals surface area (Å²) in [6.45, 7) is 1.93. The third kappa shape index (κ3) is 3.16. The van der Waals surface area contributed by atoms with Gasteiger partial charge in [0, 0.05) is 0 Å². The average molecular weight is 220 g/mol. The zero-order valence-electron chi connectivity index (χ0n) is 5.87. The smallest absolute Gasteiger partial charge is 0.302 e. The molecule has 1 aromatic carbocycles. The first kappa shape index (κ1) is 10.8. The third-order valence-electron chi connectivity index (χ3n) is 1.22. The van der Waals surface area contributed by atoms with Crippen molar-refractivity contribution in [2.45, 2.75) is 11.8 Å². The molecule has 1 N–H and O–H groups in total. The van der Waals surface area contributed by atoms with Crippen LogP contribution in [0.5, 0.6) is 0 Å². The first-order valence-corrected chi connectivity index (χ1v) is 3.98. The number of hydrogen-bond acceptors (Lipinski definition) is 1. The van der Waals surface area contributed by atoms with E-state index < -0.39 is 11.1 Å². The summed E-state index contributed by atoms with van der Waals surface area (Å²) >= 11 is -1.84. The maximum absolute atomic E-state index is 10.4. The SMILES string of the molecule is Cc1ccc(S(=O)O)cc1.[Cu+2]. The molecule has 0 heterocycles. The van der Waals surface area contributed by atoms with Gasteiger partial charge in [0.1, 0.15) is 0 Å². The monoisotopic (exact) mass is 219 g/mol. The van der Waals surface area contributed by atoms with Crippen molar-refractivity contribution < 1.29 is 25.8 Å². The maximum atomic E-state index is 10.4.